The lowest BCUT2D eigenvalue weighted by atomic mass is 10.3. The highest BCUT2D eigenvalue weighted by Crippen LogP contribution is 2.23. The van der Waals surface area contributed by atoms with Crippen molar-refractivity contribution in [1.82, 2.24) is 19.3 Å². The first-order valence-corrected chi connectivity index (χ1v) is 7.58. The third-order valence-electron chi connectivity index (χ3n) is 3.08. The fourth-order valence-corrected chi connectivity index (χ4v) is 2.81. The molecule has 0 saturated carbocycles. The Morgan fingerprint density at radius 2 is 2.20 bits per heavy atom. The van der Waals surface area contributed by atoms with Gasteiger partial charge in [-0.25, -0.2) is 9.37 Å². The van der Waals surface area contributed by atoms with Crippen LogP contribution in [-0.4, -0.2) is 19.3 Å². The zero-order chi connectivity index (χ0) is 14.3. The highest BCUT2D eigenvalue weighted by molar-refractivity contribution is 14.1. The van der Waals surface area contributed by atoms with E-state index >= 15 is 0 Å². The van der Waals surface area contributed by atoms with Crippen molar-refractivity contribution in [2.24, 2.45) is 7.05 Å². The van der Waals surface area contributed by atoms with E-state index in [1.165, 1.54) is 6.07 Å². The van der Waals surface area contributed by atoms with E-state index < -0.39 is 0 Å². The third kappa shape index (κ3) is 2.42. The van der Waals surface area contributed by atoms with Gasteiger partial charge in [0.25, 0.3) is 0 Å². The quantitative estimate of drug-likeness (QED) is 0.496. The van der Waals surface area contributed by atoms with E-state index in [9.17, 15) is 4.39 Å². The fourth-order valence-electron chi connectivity index (χ4n) is 2.16. The number of hydrogen-bond acceptors (Lipinski definition) is 2. The molecule has 7 heteroatoms. The molecule has 0 fully saturated rings. The summed E-state index contributed by atoms with van der Waals surface area (Å²) in [6.45, 7) is 0.527. The van der Waals surface area contributed by atoms with E-state index in [4.69, 9.17) is 11.6 Å². The fraction of sp³-hybridized carbons (Fsp3) is 0.231. The molecule has 0 radical (unpaired) electrons. The van der Waals surface area contributed by atoms with Crippen LogP contribution in [0.2, 0.25) is 0 Å². The lowest BCUT2D eigenvalue weighted by Gasteiger charge is -2.05. The monoisotopic (exact) mass is 404 g/mol. The number of aromatic nitrogens is 4. The van der Waals surface area contributed by atoms with Gasteiger partial charge in [0, 0.05) is 19.3 Å². The molecule has 0 amide bonds. The number of nitrogens with zero attached hydrogens (tertiary/aromatic N) is 4. The highest BCUT2D eigenvalue weighted by atomic mass is 127. The largest absolute Gasteiger partial charge is 0.321 e. The zero-order valence-corrected chi connectivity index (χ0v) is 13.6. The normalized spacial score (nSPS) is 11.4. The Hall–Kier alpha value is -1.15. The smallest absolute Gasteiger partial charge is 0.138 e. The Bertz CT molecular complexity index is 780. The molecule has 0 aliphatic heterocycles. The Balaban J connectivity index is 2.14. The van der Waals surface area contributed by atoms with Crippen LogP contribution in [0.1, 0.15) is 11.5 Å². The summed E-state index contributed by atoms with van der Waals surface area (Å²) in [4.78, 5) is 4.46. The van der Waals surface area contributed by atoms with Crippen LogP contribution in [-0.2, 0) is 19.5 Å². The second kappa shape index (κ2) is 5.33. The predicted octanol–water partition coefficient (Wildman–Crippen LogP) is 3.30. The van der Waals surface area contributed by atoms with E-state index in [0.717, 1.165) is 16.7 Å². The van der Waals surface area contributed by atoms with Gasteiger partial charge < -0.3 is 4.57 Å². The van der Waals surface area contributed by atoms with E-state index in [1.807, 2.05) is 46.5 Å². The lowest BCUT2D eigenvalue weighted by molar-refractivity contribution is 0.620. The van der Waals surface area contributed by atoms with Crippen molar-refractivity contribution in [3.05, 3.63) is 45.3 Å². The van der Waals surface area contributed by atoms with Gasteiger partial charge in [0.1, 0.15) is 11.6 Å². The standard InChI is InChI=1S/C13H11ClFIN4/c1-19-3-2-8(18-19)7-20-12-4-9(15)10(16)5-11(12)17-13(20)6-14/h2-5H,6-7H2,1H3. The highest BCUT2D eigenvalue weighted by Gasteiger charge is 2.14. The topological polar surface area (TPSA) is 35.6 Å². The van der Waals surface area contributed by atoms with Crippen molar-refractivity contribution >= 4 is 45.2 Å². The van der Waals surface area contributed by atoms with Gasteiger partial charge in [-0.1, -0.05) is 0 Å². The molecule has 0 N–H and O–H groups in total. The molecular formula is C13H11ClFIN4. The summed E-state index contributed by atoms with van der Waals surface area (Å²) < 4.78 is 18.0. The minimum Gasteiger partial charge on any atom is -0.321 e. The van der Waals surface area contributed by atoms with Crippen LogP contribution in [0.25, 0.3) is 11.0 Å². The third-order valence-corrected chi connectivity index (χ3v) is 4.14. The van der Waals surface area contributed by atoms with Crippen LogP contribution in [0.3, 0.4) is 0 Å². The number of alkyl halides is 1. The molecule has 0 aliphatic carbocycles. The SMILES string of the molecule is Cn1ccc(Cn2c(CCl)nc3cc(I)c(F)cc32)n1. The van der Waals surface area contributed by atoms with Gasteiger partial charge in [-0.15, -0.1) is 11.6 Å². The van der Waals surface area contributed by atoms with Crippen LogP contribution < -0.4 is 0 Å². The molecule has 2 aromatic heterocycles. The van der Waals surface area contributed by atoms with Crippen molar-refractivity contribution in [3.8, 4) is 0 Å². The number of benzene rings is 1. The molecule has 20 heavy (non-hydrogen) atoms. The van der Waals surface area contributed by atoms with Crippen LogP contribution in [0.15, 0.2) is 24.4 Å². The maximum atomic E-state index is 13.8. The first-order valence-electron chi connectivity index (χ1n) is 5.97. The van der Waals surface area contributed by atoms with Gasteiger partial charge in [0.15, 0.2) is 0 Å². The van der Waals surface area contributed by atoms with Crippen molar-refractivity contribution in [3.63, 3.8) is 0 Å². The average Bonchev–Trinajstić information content (AvgIpc) is 2.96. The minimum atomic E-state index is -0.249. The van der Waals surface area contributed by atoms with Gasteiger partial charge in [0.05, 0.1) is 32.7 Å². The summed E-state index contributed by atoms with van der Waals surface area (Å²) in [5, 5.41) is 4.34. The van der Waals surface area contributed by atoms with Gasteiger partial charge in [-0.3, -0.25) is 4.68 Å². The molecule has 4 nitrogen and oxygen atoms in total. The minimum absolute atomic E-state index is 0.249. The lowest BCUT2D eigenvalue weighted by Crippen LogP contribution is -2.05. The molecule has 3 rings (SSSR count). The maximum absolute atomic E-state index is 13.8. The molecule has 104 valence electrons. The number of aryl methyl sites for hydroxylation is 1. The van der Waals surface area contributed by atoms with Crippen molar-refractivity contribution in [1.29, 1.82) is 0 Å². The number of hydrogen-bond donors (Lipinski definition) is 0. The molecule has 2 heterocycles. The number of fused-ring (bicyclic) bond motifs is 1. The van der Waals surface area contributed by atoms with Crippen LogP contribution in [0.4, 0.5) is 4.39 Å². The number of imidazole rings is 1. The molecule has 0 spiro atoms. The molecule has 0 atom stereocenters. The van der Waals surface area contributed by atoms with Crippen LogP contribution in [0, 0.1) is 9.39 Å². The van der Waals surface area contributed by atoms with Gasteiger partial charge in [0.2, 0.25) is 0 Å². The Morgan fingerprint density at radius 3 is 2.85 bits per heavy atom. The van der Waals surface area contributed by atoms with E-state index in [2.05, 4.69) is 10.1 Å². The summed E-state index contributed by atoms with van der Waals surface area (Å²) in [6.07, 6.45) is 1.87. The van der Waals surface area contributed by atoms with Crippen molar-refractivity contribution < 1.29 is 4.39 Å². The molecule has 0 bridgehead atoms. The second-order valence-corrected chi connectivity index (χ2v) is 5.91. The van der Waals surface area contributed by atoms with E-state index in [1.54, 1.807) is 10.7 Å². The molecule has 1 aromatic carbocycles. The Labute approximate surface area is 133 Å². The summed E-state index contributed by atoms with van der Waals surface area (Å²) in [5.41, 5.74) is 2.38. The summed E-state index contributed by atoms with van der Waals surface area (Å²) in [7, 11) is 1.86. The predicted molar refractivity (Wildman–Crippen MR) is 84.3 cm³/mol. The maximum Gasteiger partial charge on any atom is 0.138 e. The van der Waals surface area contributed by atoms with Crippen molar-refractivity contribution in [2.75, 3.05) is 0 Å². The Kier molecular flexibility index (Phi) is 3.68. The van der Waals surface area contributed by atoms with Crippen LogP contribution in [0.5, 0.6) is 0 Å². The number of rotatable bonds is 3. The molecule has 0 unspecified atom stereocenters. The van der Waals surface area contributed by atoms with Crippen LogP contribution >= 0.6 is 34.2 Å². The first kappa shape index (κ1) is 13.8. The summed E-state index contributed by atoms with van der Waals surface area (Å²) >= 11 is 7.91. The molecular weight excluding hydrogens is 394 g/mol. The average molecular weight is 405 g/mol. The number of halogens is 3. The molecule has 0 aliphatic rings. The van der Waals surface area contributed by atoms with Gasteiger partial charge in [-0.05, 0) is 34.7 Å². The Morgan fingerprint density at radius 1 is 1.40 bits per heavy atom. The summed E-state index contributed by atoms with van der Waals surface area (Å²) in [6, 6.07) is 5.16. The van der Waals surface area contributed by atoms with E-state index in [0.29, 0.717) is 15.9 Å². The summed E-state index contributed by atoms with van der Waals surface area (Å²) in [5.74, 6) is 0.745. The molecule has 0 saturated heterocycles. The van der Waals surface area contributed by atoms with Gasteiger partial charge >= 0.3 is 0 Å². The first-order chi connectivity index (χ1) is 9.58. The van der Waals surface area contributed by atoms with E-state index in [-0.39, 0.29) is 11.7 Å². The van der Waals surface area contributed by atoms with Gasteiger partial charge in [-0.2, -0.15) is 5.10 Å². The zero-order valence-electron chi connectivity index (χ0n) is 10.6. The van der Waals surface area contributed by atoms with Crippen molar-refractivity contribution in [2.45, 2.75) is 12.4 Å². The second-order valence-electron chi connectivity index (χ2n) is 4.48. The molecule has 3 aromatic rings.